The van der Waals surface area contributed by atoms with Crippen molar-refractivity contribution in [1.29, 1.82) is 0 Å². The molecule has 0 aliphatic carbocycles. The average Bonchev–Trinajstić information content (AvgIpc) is 3.50. The second-order valence-corrected chi connectivity index (χ2v) is 35.7. The zero-order chi connectivity index (χ0) is 61.6. The van der Waals surface area contributed by atoms with E-state index in [9.17, 15) is 14.4 Å². The van der Waals surface area contributed by atoms with Crippen molar-refractivity contribution in [3.05, 3.63) is 0 Å². The van der Waals surface area contributed by atoms with Crippen LogP contribution >= 0.6 is 35.3 Å². The van der Waals surface area contributed by atoms with Crippen LogP contribution in [0.25, 0.3) is 0 Å². The van der Waals surface area contributed by atoms with Crippen molar-refractivity contribution >= 4 is 72.8 Å². The van der Waals surface area contributed by atoms with Gasteiger partial charge in [0, 0.05) is 19.8 Å². The molecular weight excluding hydrogens is 1220 g/mol. The second-order valence-electron chi connectivity index (χ2n) is 25.3. The van der Waals surface area contributed by atoms with Crippen LogP contribution in [0.1, 0.15) is 379 Å². The predicted molar refractivity (Wildman–Crippen MR) is 376 cm³/mol. The molecule has 0 saturated heterocycles. The number of hydrogen-bond acceptors (Lipinski definition) is 12. The zero-order valence-corrected chi connectivity index (χ0v) is 61.4. The molecule has 0 unspecified atom stereocenters. The Hall–Kier alpha value is 0.139. The molecule has 0 aromatic carbocycles. The molecule has 0 aliphatic rings. The van der Waals surface area contributed by atoms with Crippen LogP contribution in [0.15, 0.2) is 0 Å². The summed E-state index contributed by atoms with van der Waals surface area (Å²) in [4.78, 5) is 41.3. The van der Waals surface area contributed by atoms with Crippen molar-refractivity contribution in [2.24, 2.45) is 0 Å². The zero-order valence-electron chi connectivity index (χ0n) is 56.1. The molecule has 0 atom stereocenters. The Bertz CT molecular complexity index is 1210. The topological polar surface area (TPSA) is 140 Å². The van der Waals surface area contributed by atoms with Crippen LogP contribution in [0, 0.1) is 0 Å². The van der Waals surface area contributed by atoms with Crippen LogP contribution in [-0.4, -0.2) is 107 Å². The third-order valence-electron chi connectivity index (χ3n) is 16.9. The molecule has 0 aromatic heterocycles. The van der Waals surface area contributed by atoms with Gasteiger partial charge in [0.1, 0.15) is 0 Å². The van der Waals surface area contributed by atoms with Gasteiger partial charge >= 0.3 is 341 Å². The van der Waals surface area contributed by atoms with E-state index in [4.69, 9.17) is 24.5 Å². The molecule has 0 heterocycles. The molecule has 0 aromatic rings. The van der Waals surface area contributed by atoms with E-state index in [0.29, 0.717) is 24.3 Å². The number of aliphatic hydroxyl groups excluding tert-OH is 3. The van der Waals surface area contributed by atoms with Crippen molar-refractivity contribution in [2.45, 2.75) is 384 Å². The van der Waals surface area contributed by atoms with Crippen molar-refractivity contribution in [1.82, 2.24) is 0 Å². The smallest absolute Gasteiger partial charge is 0.396 e. The average molecular weight is 1370 g/mol. The minimum Gasteiger partial charge on any atom is -0.396 e. The van der Waals surface area contributed by atoms with Crippen LogP contribution < -0.4 is 0 Å². The van der Waals surface area contributed by atoms with E-state index in [-0.39, 0.29) is 17.3 Å². The van der Waals surface area contributed by atoms with Crippen molar-refractivity contribution in [3.8, 4) is 0 Å². The fourth-order valence-corrected chi connectivity index (χ4v) is 21.5. The first kappa shape index (κ1) is 85.1. The third kappa shape index (κ3) is 68.3. The molecule has 0 spiro atoms. The van der Waals surface area contributed by atoms with Crippen molar-refractivity contribution < 1.29 is 38.9 Å². The third-order valence-corrected chi connectivity index (χ3v) is 27.3. The summed E-state index contributed by atoms with van der Waals surface area (Å²) in [6.07, 6.45) is 72.0. The number of hydrogen-bond donors (Lipinski definition) is 3. The Morgan fingerprint density at radius 1 is 0.247 bits per heavy atom. The Kier molecular flexibility index (Phi) is 73.3. The molecule has 0 saturated carbocycles. The van der Waals surface area contributed by atoms with E-state index in [1.165, 1.54) is 289 Å². The SMILES string of the molecule is CCCCCCCCCCC[CH2][Sn]([O]C(=O)CSCCCCCCCCCCCCCCCCCCO)([O]C(=O)CSCCCCCCCCCCCCCCCCCCO)[O]C(=O)CSCCCCCCCCCCCCCCCCCCO. The molecule has 0 amide bonds. The van der Waals surface area contributed by atoms with Crippen LogP contribution in [0.5, 0.6) is 0 Å². The molecule has 506 valence electrons. The van der Waals surface area contributed by atoms with Crippen LogP contribution in [0.2, 0.25) is 4.44 Å². The fourth-order valence-electron chi connectivity index (χ4n) is 11.5. The Labute approximate surface area is 545 Å². The number of carbonyl (C=O) groups is 3. The molecule has 0 bridgehead atoms. The predicted octanol–water partition coefficient (Wildman–Crippen LogP) is 22.4. The van der Waals surface area contributed by atoms with Gasteiger partial charge in [-0.05, 0) is 19.3 Å². The first-order chi connectivity index (χ1) is 41.9. The summed E-state index contributed by atoms with van der Waals surface area (Å²) < 4.78 is 19.3. The summed E-state index contributed by atoms with van der Waals surface area (Å²) >= 11 is -0.274. The fraction of sp³-hybridized carbons (Fsp3) is 0.958. The minimum absolute atomic E-state index is 0.181. The summed E-state index contributed by atoms with van der Waals surface area (Å²) in [7, 11) is 0. The first-order valence-corrected chi connectivity index (χ1v) is 46.1. The summed E-state index contributed by atoms with van der Waals surface area (Å²) in [5.41, 5.74) is 0. The first-order valence-electron chi connectivity index (χ1n) is 37.1. The van der Waals surface area contributed by atoms with Gasteiger partial charge in [-0.2, -0.15) is 0 Å². The molecule has 0 aliphatic heterocycles. The number of carbonyl (C=O) groups excluding carboxylic acids is 3. The maximum absolute atomic E-state index is 13.8. The Morgan fingerprint density at radius 3 is 0.600 bits per heavy atom. The van der Waals surface area contributed by atoms with Gasteiger partial charge in [-0.15, -0.1) is 0 Å². The summed E-state index contributed by atoms with van der Waals surface area (Å²) in [5.74, 6) is 1.99. The number of thioether (sulfide) groups is 3. The van der Waals surface area contributed by atoms with Crippen molar-refractivity contribution in [3.63, 3.8) is 0 Å². The van der Waals surface area contributed by atoms with Gasteiger partial charge < -0.3 is 15.3 Å². The molecule has 13 heteroatoms. The second kappa shape index (κ2) is 73.2. The summed E-state index contributed by atoms with van der Waals surface area (Å²) in [5, 5.41) is 26.8. The monoisotopic (exact) mass is 1370 g/mol. The number of rotatable bonds is 74. The molecule has 85 heavy (non-hydrogen) atoms. The van der Waals surface area contributed by atoms with E-state index >= 15 is 0 Å². The van der Waals surface area contributed by atoms with Crippen molar-refractivity contribution in [2.75, 3.05) is 54.3 Å². The maximum atomic E-state index is 13.8. The van der Waals surface area contributed by atoms with Crippen LogP contribution in [0.3, 0.4) is 0 Å². The Balaban J connectivity index is 5.13. The van der Waals surface area contributed by atoms with E-state index in [2.05, 4.69) is 6.92 Å². The van der Waals surface area contributed by atoms with Crippen LogP contribution in [0.4, 0.5) is 0 Å². The molecule has 3 N–H and O–H groups in total. The van der Waals surface area contributed by atoms with Crippen LogP contribution in [-0.2, 0) is 23.6 Å². The molecule has 0 fully saturated rings. The number of aliphatic hydroxyl groups is 3. The normalized spacial score (nSPS) is 11.7. The van der Waals surface area contributed by atoms with Gasteiger partial charge in [0.15, 0.2) is 0 Å². The molecular formula is C72H142O9S3Sn. The summed E-state index contributed by atoms with van der Waals surface area (Å²) in [6.45, 7) is 3.25. The van der Waals surface area contributed by atoms with E-state index < -0.39 is 37.5 Å². The van der Waals surface area contributed by atoms with E-state index in [1.807, 2.05) is 0 Å². The van der Waals surface area contributed by atoms with Gasteiger partial charge in [0.25, 0.3) is 0 Å². The van der Waals surface area contributed by atoms with Gasteiger partial charge in [-0.25, -0.2) is 0 Å². The molecule has 9 nitrogen and oxygen atoms in total. The quantitative estimate of drug-likeness (QED) is 0.0395. The minimum atomic E-state index is -5.05. The van der Waals surface area contributed by atoms with E-state index in [1.54, 1.807) is 35.3 Å². The van der Waals surface area contributed by atoms with Gasteiger partial charge in [0.2, 0.25) is 0 Å². The molecule has 0 rings (SSSR count). The van der Waals surface area contributed by atoms with Gasteiger partial charge in [-0.1, -0.05) is 154 Å². The standard InChI is InChI=1S/3C20H40O3S.C12H25.Sn/c3*21-17-15-13-11-9-7-5-3-1-2-4-6-8-10-12-14-16-18-24-19-20(22)23;1-3-5-7-9-11-12-10-8-6-4-2;/h3*21H,1-19H2,(H,22,23);1,3-12H2,2H3;/q;;;;+3/p-3. The Morgan fingerprint density at radius 2 is 0.412 bits per heavy atom. The van der Waals surface area contributed by atoms with E-state index in [0.717, 1.165) is 101 Å². The molecule has 0 radical (unpaired) electrons. The number of unbranched alkanes of at least 4 members (excludes halogenated alkanes) is 54. The summed E-state index contributed by atoms with van der Waals surface area (Å²) in [6, 6.07) is 0. The van der Waals surface area contributed by atoms with Gasteiger partial charge in [0.05, 0.1) is 0 Å². The van der Waals surface area contributed by atoms with Gasteiger partial charge in [-0.3, -0.25) is 0 Å².